The lowest BCUT2D eigenvalue weighted by Crippen LogP contribution is -2.43. The number of phosphoric ester groups is 4. The fraction of sp³-hybridized carbons (Fsp3) is 0.353. The summed E-state index contributed by atoms with van der Waals surface area (Å²) in [4.78, 5) is 102. The van der Waals surface area contributed by atoms with E-state index in [0.717, 1.165) is 18.6 Å². The molecule has 0 amide bonds. The predicted octanol–water partition coefficient (Wildman–Crippen LogP) is 8.09. The molecule has 16 rings (SSSR count). The third kappa shape index (κ3) is 20.7. The summed E-state index contributed by atoms with van der Waals surface area (Å²) >= 11 is 42.6. The van der Waals surface area contributed by atoms with Crippen LogP contribution in [0.4, 0.5) is 17.6 Å². The number of alkyl halides is 4. The molecule has 20 atom stereocenters. The number of aromatic amines is 4. The van der Waals surface area contributed by atoms with Gasteiger partial charge in [0.1, 0.15) is 117 Å². The zero-order chi connectivity index (χ0) is 98.5. The van der Waals surface area contributed by atoms with Crippen molar-refractivity contribution in [2.75, 3.05) is 26.3 Å². The smallest absolute Gasteiger partial charge is 0.404 e. The Balaban J connectivity index is 0.000000152. The van der Waals surface area contributed by atoms with Crippen LogP contribution < -0.4 is 40.9 Å². The molecule has 12 N–H and O–H groups in total. The van der Waals surface area contributed by atoms with Crippen LogP contribution in [0.3, 0.4) is 0 Å². The summed E-state index contributed by atoms with van der Waals surface area (Å²) in [7, 11) is -18.4. The van der Waals surface area contributed by atoms with E-state index >= 15 is 17.6 Å². The highest BCUT2D eigenvalue weighted by atomic mass is 35.5. The van der Waals surface area contributed by atoms with E-state index in [9.17, 15) is 97.5 Å². The lowest BCUT2D eigenvalue weighted by Gasteiger charge is -2.28. The number of benzene rings is 4. The van der Waals surface area contributed by atoms with Gasteiger partial charge in [-0.3, -0.25) is 93.6 Å². The van der Waals surface area contributed by atoms with Crippen LogP contribution in [0.5, 0.6) is 23.0 Å². The van der Waals surface area contributed by atoms with Crippen molar-refractivity contribution >= 4 is 152 Å². The van der Waals surface area contributed by atoms with E-state index in [1.807, 2.05) is 4.98 Å². The van der Waals surface area contributed by atoms with E-state index in [1.54, 1.807) is 0 Å². The second kappa shape index (κ2) is 38.4. The zero-order valence-corrected chi connectivity index (χ0v) is 72.7. The van der Waals surface area contributed by atoms with Crippen LogP contribution in [0.15, 0.2) is 117 Å². The number of nitrogens with zero attached hydrogens (tertiary/aromatic N) is 4. The Kier molecular flexibility index (Phi) is 26.8. The number of phosphoric acid groups is 4. The molecule has 4 aromatic carbocycles. The SMILES string of the molecule is O=Cc1cn([C@@H]2O[C@](F)(COP3(=O)OCc4cc(Cl)ccc4O3)[C@@H](O)[C@H]2O)c(=O)[nH]c1=S.[2H]C([2H])(OP1(=O)OCc2cc(Cl)ccc2O1)[C@@]1(F)O[C@@H](n2cc(C=O)c(=S)[nH]c2=O)[C@H](O)[C@@H]1O.[2H]C([2H])(OP1(=O)OCc2cc(Cl)ccc2O1)[C@@]1(F)O[C@@]([2H])(n2cc(C=O)c(=S)[nH]c2=O)[C@H](O)[C@@H]1O.[2H][C@@]1(n2cc(C=O)c(=S)[nH]c2=O)O[C@](F)(COP2(=O)OCc3cc(Cl)ccc3O2)[C@@H](O)[C@H]1O. The largest absolute Gasteiger partial charge is 0.530 e. The molecule has 44 nitrogen and oxygen atoms in total. The van der Waals surface area contributed by atoms with Gasteiger partial charge in [0, 0.05) is 67.1 Å². The summed E-state index contributed by atoms with van der Waals surface area (Å²) in [6.07, 6.45) is -25.0. The molecule has 4 unspecified atom stereocenters. The van der Waals surface area contributed by atoms with Crippen molar-refractivity contribution in [1.29, 1.82) is 0 Å². The molecule has 4 aromatic heterocycles. The average Bonchev–Trinajstić information content (AvgIpc) is 1.56. The second-order valence-electron chi connectivity index (χ2n) is 27.0. The first-order valence-corrected chi connectivity index (χ1v) is 44.2. The minimum Gasteiger partial charge on any atom is -0.404 e. The van der Waals surface area contributed by atoms with Crippen molar-refractivity contribution < 1.29 is 177 Å². The molecule has 688 valence electrons. The van der Waals surface area contributed by atoms with Gasteiger partial charge in [-0.15, -0.1) is 0 Å². The lowest BCUT2D eigenvalue weighted by molar-refractivity contribution is -0.205. The Bertz CT molecular complexity index is 6820. The third-order valence-electron chi connectivity index (χ3n) is 18.5. The number of carbonyl (C=O) groups excluding carboxylic acids is 4. The van der Waals surface area contributed by atoms with Crippen molar-refractivity contribution in [2.24, 2.45) is 0 Å². The fourth-order valence-corrected chi connectivity index (χ4v) is 18.1. The molecule has 8 aromatic rings. The van der Waals surface area contributed by atoms with Gasteiger partial charge in [0.2, 0.25) is 0 Å². The Labute approximate surface area is 758 Å². The summed E-state index contributed by atoms with van der Waals surface area (Å²) in [5, 5.41) is 83.7. The summed E-state index contributed by atoms with van der Waals surface area (Å²) in [5.74, 6) is -14.3. The van der Waals surface area contributed by atoms with Gasteiger partial charge in [0.05, 0.1) is 56.9 Å². The number of H-pyrrole nitrogens is 4. The normalized spacial score (nSPS) is 33.8. The molecule has 8 aliphatic rings. The van der Waals surface area contributed by atoms with Crippen molar-refractivity contribution in [3.63, 3.8) is 0 Å². The Morgan fingerprint density at radius 1 is 0.406 bits per heavy atom. The molecule has 128 heavy (non-hydrogen) atoms. The minimum atomic E-state index is -4.89. The van der Waals surface area contributed by atoms with Crippen molar-refractivity contribution in [2.45, 2.75) is 124 Å². The van der Waals surface area contributed by atoms with E-state index in [-0.39, 0.29) is 107 Å². The summed E-state index contributed by atoms with van der Waals surface area (Å²) in [6.45, 7) is -11.4. The Morgan fingerprint density at radius 3 is 0.961 bits per heavy atom. The van der Waals surface area contributed by atoms with E-state index < -0.39 is 184 Å². The zero-order valence-electron chi connectivity index (χ0n) is 68.8. The van der Waals surface area contributed by atoms with Gasteiger partial charge < -0.3 is 77.9 Å². The van der Waals surface area contributed by atoms with Gasteiger partial charge in [-0.2, -0.15) is 0 Å². The number of ether oxygens (including phenoxy) is 4. The van der Waals surface area contributed by atoms with E-state index in [0.29, 0.717) is 68.5 Å². The van der Waals surface area contributed by atoms with Crippen LogP contribution in [-0.4, -0.2) is 203 Å². The number of aliphatic hydroxyl groups excluding tert-OH is 8. The highest BCUT2D eigenvalue weighted by Crippen LogP contribution is 2.61. The summed E-state index contributed by atoms with van der Waals surface area (Å²) in [6, 6.07) is 17.0. The molecule has 4 fully saturated rings. The number of fused-ring (bicyclic) bond motifs is 4. The molecule has 0 aliphatic carbocycles. The maximum absolute atomic E-state index is 15.9. The Hall–Kier alpha value is -7.84. The van der Waals surface area contributed by atoms with Crippen molar-refractivity contribution in [3.8, 4) is 23.0 Å². The number of hydrogen-bond donors (Lipinski definition) is 12. The van der Waals surface area contributed by atoms with Gasteiger partial charge in [-0.25, -0.2) is 55.0 Å². The van der Waals surface area contributed by atoms with Gasteiger partial charge in [0.15, 0.2) is 50.0 Å². The predicted molar refractivity (Wildman–Crippen MR) is 431 cm³/mol. The maximum Gasteiger partial charge on any atom is 0.530 e. The number of halogens is 8. The van der Waals surface area contributed by atoms with Gasteiger partial charge in [-0.05, 0) is 72.8 Å². The number of aliphatic hydroxyl groups is 8. The molecule has 0 saturated carbocycles. The molecule has 12 heterocycles. The van der Waals surface area contributed by atoms with Gasteiger partial charge in [-0.1, -0.05) is 95.3 Å². The minimum absolute atomic E-state index is 0.0269. The molecule has 8 aliphatic heterocycles. The number of carbonyl (C=O) groups is 4. The first kappa shape index (κ1) is 89.4. The number of hydrogen-bond acceptors (Lipinski definition) is 40. The highest BCUT2D eigenvalue weighted by Gasteiger charge is 2.62. The average molecular weight is 2040 g/mol. The van der Waals surface area contributed by atoms with Crippen molar-refractivity contribution in [3.05, 3.63) is 223 Å². The van der Waals surface area contributed by atoms with E-state index in [4.69, 9.17) is 172 Å². The van der Waals surface area contributed by atoms with Gasteiger partial charge in [0.25, 0.3) is 23.4 Å². The lowest BCUT2D eigenvalue weighted by atomic mass is 10.1. The van der Waals surface area contributed by atoms with Crippen LogP contribution in [0.2, 0.25) is 20.1 Å². The van der Waals surface area contributed by atoms with Crippen LogP contribution in [0.25, 0.3) is 0 Å². The molecular weight excluding hydrogens is 1970 g/mol. The van der Waals surface area contributed by atoms with E-state index in [2.05, 4.69) is 19.5 Å². The molecule has 0 radical (unpaired) electrons. The highest BCUT2D eigenvalue weighted by molar-refractivity contribution is 7.72. The molecule has 4 saturated heterocycles. The van der Waals surface area contributed by atoms with E-state index in [1.165, 1.54) is 72.8 Å². The number of nitrogens with one attached hydrogen (secondary N) is 4. The first-order chi connectivity index (χ1) is 62.4. The van der Waals surface area contributed by atoms with Crippen LogP contribution in [0.1, 0.15) is 96.8 Å². The number of rotatable bonds is 20. The first-order valence-electron chi connectivity index (χ1n) is 38.2. The summed E-state index contributed by atoms with van der Waals surface area (Å²) in [5.41, 5.74) is -3.73. The topological polar surface area (TPSA) is 597 Å². The Morgan fingerprint density at radius 2 is 0.648 bits per heavy atom. The quantitative estimate of drug-likeness (QED) is 0.0148. The molecule has 60 heteroatoms. The van der Waals surface area contributed by atoms with Crippen molar-refractivity contribution in [1.82, 2.24) is 38.2 Å². The third-order valence-corrected chi connectivity index (χ3v) is 25.7. The van der Waals surface area contributed by atoms with Crippen LogP contribution in [-0.2, 0) is 99.8 Å². The summed E-state index contributed by atoms with van der Waals surface area (Å²) < 4.78 is 242. The molecule has 0 spiro atoms. The number of aldehydes is 4. The van der Waals surface area contributed by atoms with Crippen LogP contribution >= 0.6 is 127 Å². The number of aromatic nitrogens is 8. The van der Waals surface area contributed by atoms with Gasteiger partial charge >= 0.3 is 54.0 Å². The standard InChI is InChI=1S/4C17H15ClFN2O9PS/c4*18-10-1-2-11-8(3-10)6-27-31(26,30-11)28-7-17(19)13(24)12(23)15(29-17)21-4-9(5-22)14(32)20-16(21)25/h4*1-5,12-13,15,23-24H,6-7H2,(H,20,25,32)/t4*12-,13+,15-,17-,31?/m1111/s1/i7D2,15D;15D;7D2;. The monoisotopic (exact) mass is 2040 g/mol. The molecular formula is C68H60Cl4F4N8O36P4S4. The second-order valence-corrected chi connectivity index (χ2v) is 36.6. The molecule has 0 bridgehead atoms. The fourth-order valence-electron chi connectivity index (χ4n) is 11.9. The van der Waals surface area contributed by atoms with Crippen LogP contribution in [0, 0.1) is 18.6 Å². The maximum atomic E-state index is 15.9.